The molecule has 0 radical (unpaired) electrons. The molecule has 0 bridgehead atoms. The predicted octanol–water partition coefficient (Wildman–Crippen LogP) is 4.53. The van der Waals surface area contributed by atoms with Crippen molar-refractivity contribution in [1.82, 2.24) is 9.78 Å². The van der Waals surface area contributed by atoms with Crippen LogP contribution in [-0.4, -0.2) is 31.2 Å². The Morgan fingerprint density at radius 1 is 1.13 bits per heavy atom. The molecule has 2 N–H and O–H groups in total. The van der Waals surface area contributed by atoms with Gasteiger partial charge in [-0.1, -0.05) is 6.92 Å². The van der Waals surface area contributed by atoms with Crippen LogP contribution in [-0.2, 0) is 6.54 Å². The van der Waals surface area contributed by atoms with Crippen molar-refractivity contribution in [3.05, 3.63) is 18.0 Å². The Bertz CT molecular complexity index is 868. The van der Waals surface area contributed by atoms with Crippen LogP contribution in [0.4, 0.5) is 0 Å². The summed E-state index contributed by atoms with van der Waals surface area (Å²) in [5.41, 5.74) is -0.541. The molecule has 4 aliphatic rings. The number of rotatable bonds is 3. The van der Waals surface area contributed by atoms with E-state index in [-0.39, 0.29) is 11.3 Å². The van der Waals surface area contributed by atoms with Crippen LogP contribution in [0.25, 0.3) is 0 Å². The van der Waals surface area contributed by atoms with Gasteiger partial charge in [-0.2, -0.15) is 10.4 Å². The highest BCUT2D eigenvalue weighted by Gasteiger charge is 2.60. The lowest BCUT2D eigenvalue weighted by molar-refractivity contribution is -0.126. The van der Waals surface area contributed by atoms with Crippen molar-refractivity contribution in [3.8, 4) is 6.07 Å². The van der Waals surface area contributed by atoms with Crippen LogP contribution in [0, 0.1) is 52.3 Å². The van der Waals surface area contributed by atoms with E-state index >= 15 is 0 Å². The summed E-state index contributed by atoms with van der Waals surface area (Å²) in [6, 6.07) is 2.13. The SMILES string of the molecule is C[C@@]1(O)CC[C@H]2[C@H](CC[C@@H]3[C@@H]2CC[C@@]2(C)[C@H]3CC[C@@H]2[C@@](C)(O)Cn2cc(C#N)cn2)C1. The Morgan fingerprint density at radius 3 is 2.65 bits per heavy atom. The lowest BCUT2D eigenvalue weighted by atomic mass is 9.48. The molecule has 9 atom stereocenters. The molecule has 1 heterocycles. The molecule has 0 amide bonds. The first-order valence-corrected chi connectivity index (χ1v) is 12.5. The molecule has 0 aromatic carbocycles. The van der Waals surface area contributed by atoms with Gasteiger partial charge in [0.1, 0.15) is 6.07 Å². The normalized spacial score (nSPS) is 46.3. The van der Waals surface area contributed by atoms with Crippen molar-refractivity contribution in [2.24, 2.45) is 40.9 Å². The van der Waals surface area contributed by atoms with E-state index in [0.717, 1.165) is 37.0 Å². The number of fused-ring (bicyclic) bond motifs is 5. The van der Waals surface area contributed by atoms with E-state index in [9.17, 15) is 10.2 Å². The molecule has 1 aromatic heterocycles. The van der Waals surface area contributed by atoms with Crippen molar-refractivity contribution < 1.29 is 10.2 Å². The monoisotopic (exact) mass is 425 g/mol. The summed E-state index contributed by atoms with van der Waals surface area (Å²) >= 11 is 0. The summed E-state index contributed by atoms with van der Waals surface area (Å²) in [6.07, 6.45) is 13.9. The molecule has 4 saturated carbocycles. The highest BCUT2D eigenvalue weighted by atomic mass is 16.3. The zero-order valence-corrected chi connectivity index (χ0v) is 19.4. The van der Waals surface area contributed by atoms with Crippen LogP contribution in [0.2, 0.25) is 0 Å². The highest BCUT2D eigenvalue weighted by molar-refractivity contribution is 5.21. The average molecular weight is 426 g/mol. The smallest absolute Gasteiger partial charge is 0.102 e. The third kappa shape index (κ3) is 3.55. The van der Waals surface area contributed by atoms with Gasteiger partial charge < -0.3 is 10.2 Å². The van der Waals surface area contributed by atoms with Crippen molar-refractivity contribution in [1.29, 1.82) is 5.26 Å². The van der Waals surface area contributed by atoms with E-state index in [1.165, 1.54) is 38.5 Å². The molecule has 4 fully saturated rings. The largest absolute Gasteiger partial charge is 0.390 e. The van der Waals surface area contributed by atoms with Gasteiger partial charge in [0, 0.05) is 6.20 Å². The molecule has 5 rings (SSSR count). The second-order valence-corrected chi connectivity index (χ2v) is 12.2. The Balaban J connectivity index is 1.33. The minimum absolute atomic E-state index is 0.183. The molecule has 5 heteroatoms. The summed E-state index contributed by atoms with van der Waals surface area (Å²) in [6.45, 7) is 6.94. The number of aliphatic hydroxyl groups is 2. The fourth-order valence-electron chi connectivity index (χ4n) is 9.05. The molecule has 5 nitrogen and oxygen atoms in total. The van der Waals surface area contributed by atoms with E-state index in [1.807, 2.05) is 13.8 Å². The maximum Gasteiger partial charge on any atom is 0.102 e. The lowest BCUT2D eigenvalue weighted by Gasteiger charge is -2.58. The van der Waals surface area contributed by atoms with Crippen molar-refractivity contribution in [2.45, 2.75) is 96.3 Å². The van der Waals surface area contributed by atoms with Crippen LogP contribution in [0.1, 0.15) is 84.1 Å². The van der Waals surface area contributed by atoms with Gasteiger partial charge in [0.2, 0.25) is 0 Å². The maximum absolute atomic E-state index is 11.6. The third-order valence-electron chi connectivity index (χ3n) is 10.2. The standard InChI is InChI=1S/C26H39N3O2/c1-24(30)10-8-19-18(12-24)4-5-21-20(19)9-11-25(2)22(21)6-7-23(25)26(3,31)16-29-15-17(13-27)14-28-29/h14-15,18-23,30-31H,4-12,16H2,1-3H3/t18-,19+,20-,21-,22+,23+,24-,25+,26+/m1/s1. The van der Waals surface area contributed by atoms with E-state index in [4.69, 9.17) is 5.26 Å². The zero-order chi connectivity index (χ0) is 22.0. The molecule has 170 valence electrons. The number of hydrogen-bond acceptors (Lipinski definition) is 4. The fourth-order valence-corrected chi connectivity index (χ4v) is 9.05. The minimum atomic E-state index is -0.824. The third-order valence-corrected chi connectivity index (χ3v) is 10.2. The Labute approximate surface area is 186 Å². The second-order valence-electron chi connectivity index (χ2n) is 12.2. The van der Waals surface area contributed by atoms with Gasteiger partial charge in [0.15, 0.2) is 0 Å². The fraction of sp³-hybridized carbons (Fsp3) is 0.846. The van der Waals surface area contributed by atoms with Crippen LogP contribution in [0.5, 0.6) is 0 Å². The Hall–Kier alpha value is -1.38. The number of aromatic nitrogens is 2. The maximum atomic E-state index is 11.6. The molecule has 31 heavy (non-hydrogen) atoms. The van der Waals surface area contributed by atoms with Gasteiger partial charge in [-0.05, 0) is 113 Å². The molecular weight excluding hydrogens is 386 g/mol. The minimum Gasteiger partial charge on any atom is -0.390 e. The lowest BCUT2D eigenvalue weighted by Crippen LogP contribution is -2.53. The van der Waals surface area contributed by atoms with Crippen molar-refractivity contribution >= 4 is 0 Å². The number of nitrogens with zero attached hydrogens (tertiary/aromatic N) is 3. The predicted molar refractivity (Wildman–Crippen MR) is 119 cm³/mol. The molecule has 4 aliphatic carbocycles. The molecular formula is C26H39N3O2. The van der Waals surface area contributed by atoms with Crippen LogP contribution in [0.15, 0.2) is 12.4 Å². The molecule has 0 aliphatic heterocycles. The Morgan fingerprint density at radius 2 is 1.90 bits per heavy atom. The average Bonchev–Trinajstić information content (AvgIpc) is 3.30. The number of nitriles is 1. The van der Waals surface area contributed by atoms with Gasteiger partial charge in [-0.25, -0.2) is 0 Å². The van der Waals surface area contributed by atoms with Crippen molar-refractivity contribution in [3.63, 3.8) is 0 Å². The van der Waals surface area contributed by atoms with Crippen LogP contribution < -0.4 is 0 Å². The summed E-state index contributed by atoms with van der Waals surface area (Å²) < 4.78 is 1.75. The van der Waals surface area contributed by atoms with Crippen LogP contribution >= 0.6 is 0 Å². The topological polar surface area (TPSA) is 82.1 Å². The molecule has 0 spiro atoms. The number of hydrogen-bond donors (Lipinski definition) is 2. The van der Waals surface area contributed by atoms with E-state index in [2.05, 4.69) is 18.1 Å². The molecule has 0 unspecified atom stereocenters. The van der Waals surface area contributed by atoms with Gasteiger partial charge >= 0.3 is 0 Å². The summed E-state index contributed by atoms with van der Waals surface area (Å²) in [7, 11) is 0. The van der Waals surface area contributed by atoms with Gasteiger partial charge in [-0.15, -0.1) is 0 Å². The van der Waals surface area contributed by atoms with Crippen molar-refractivity contribution in [2.75, 3.05) is 0 Å². The summed E-state index contributed by atoms with van der Waals surface area (Å²) in [5.74, 6) is 4.10. The van der Waals surface area contributed by atoms with Gasteiger partial charge in [0.25, 0.3) is 0 Å². The molecule has 1 aromatic rings. The first-order chi connectivity index (χ1) is 14.6. The Kier molecular flexibility index (Phi) is 5.07. The first kappa shape index (κ1) is 21.5. The quantitative estimate of drug-likeness (QED) is 0.746. The molecule has 0 saturated heterocycles. The van der Waals surface area contributed by atoms with Crippen LogP contribution in [0.3, 0.4) is 0 Å². The highest BCUT2D eigenvalue weighted by Crippen LogP contribution is 2.66. The second kappa shape index (κ2) is 7.32. The zero-order valence-electron chi connectivity index (χ0n) is 19.4. The van der Waals surface area contributed by atoms with Gasteiger partial charge in [-0.3, -0.25) is 4.68 Å². The van der Waals surface area contributed by atoms with E-state index in [1.54, 1.807) is 17.1 Å². The van der Waals surface area contributed by atoms with Gasteiger partial charge in [0.05, 0.1) is 29.5 Å². The van der Waals surface area contributed by atoms with E-state index < -0.39 is 11.2 Å². The first-order valence-electron chi connectivity index (χ1n) is 12.5. The van der Waals surface area contributed by atoms with E-state index in [0.29, 0.717) is 23.9 Å². The summed E-state index contributed by atoms with van der Waals surface area (Å²) in [4.78, 5) is 0. The summed E-state index contributed by atoms with van der Waals surface area (Å²) in [5, 5.41) is 35.6.